The molecular weight excluding hydrogens is 258 g/mol. The van der Waals surface area contributed by atoms with E-state index in [4.69, 9.17) is 9.26 Å². The van der Waals surface area contributed by atoms with Gasteiger partial charge in [0, 0.05) is 31.5 Å². The Morgan fingerprint density at radius 3 is 2.70 bits per heavy atom. The van der Waals surface area contributed by atoms with Crippen LogP contribution in [0, 0.1) is 6.92 Å². The number of aryl methyl sites for hydroxylation is 1. The summed E-state index contributed by atoms with van der Waals surface area (Å²) >= 11 is 0. The van der Waals surface area contributed by atoms with Gasteiger partial charge in [-0.1, -0.05) is 5.16 Å². The number of nitrogens with zero attached hydrogens (tertiary/aromatic N) is 3. The van der Waals surface area contributed by atoms with Crippen molar-refractivity contribution in [3.05, 3.63) is 36.0 Å². The van der Waals surface area contributed by atoms with Crippen molar-refractivity contribution in [1.29, 1.82) is 0 Å². The molecule has 0 unspecified atom stereocenters. The van der Waals surface area contributed by atoms with Crippen LogP contribution in [0.4, 0.5) is 5.69 Å². The summed E-state index contributed by atoms with van der Waals surface area (Å²) in [6.07, 6.45) is 0.408. The first-order valence-corrected chi connectivity index (χ1v) is 6.42. The van der Waals surface area contributed by atoms with E-state index in [1.165, 1.54) is 0 Å². The number of hydrogen-bond donors (Lipinski definition) is 0. The van der Waals surface area contributed by atoms with Crippen molar-refractivity contribution in [2.24, 2.45) is 0 Å². The van der Waals surface area contributed by atoms with Crippen LogP contribution in [0.1, 0.15) is 24.1 Å². The molecule has 0 saturated carbocycles. The molecule has 0 aliphatic carbocycles. The zero-order chi connectivity index (χ0) is 14.1. The molecule has 1 aliphatic heterocycles. The molecule has 1 aromatic carbocycles. The van der Waals surface area contributed by atoms with Gasteiger partial charge < -0.3 is 14.2 Å². The van der Waals surface area contributed by atoms with Crippen LogP contribution in [0.25, 0.3) is 0 Å². The molecular formula is C14H15N3O3. The van der Waals surface area contributed by atoms with Crippen LogP contribution in [-0.2, 0) is 4.79 Å². The van der Waals surface area contributed by atoms with Gasteiger partial charge in [0.2, 0.25) is 11.8 Å². The first kappa shape index (κ1) is 12.7. The quantitative estimate of drug-likeness (QED) is 0.854. The highest BCUT2D eigenvalue weighted by atomic mass is 16.5. The van der Waals surface area contributed by atoms with Crippen molar-refractivity contribution in [2.75, 3.05) is 18.6 Å². The van der Waals surface area contributed by atoms with Gasteiger partial charge in [-0.25, -0.2) is 0 Å². The molecule has 1 atom stereocenters. The van der Waals surface area contributed by atoms with Crippen LogP contribution < -0.4 is 9.64 Å². The summed E-state index contributed by atoms with van der Waals surface area (Å²) in [5.41, 5.74) is 0.860. The maximum absolute atomic E-state index is 12.1. The monoisotopic (exact) mass is 273 g/mol. The Balaban J connectivity index is 1.79. The molecule has 2 heterocycles. The molecule has 2 aromatic rings. The van der Waals surface area contributed by atoms with E-state index in [1.54, 1.807) is 18.9 Å². The third-order valence-corrected chi connectivity index (χ3v) is 3.42. The zero-order valence-electron chi connectivity index (χ0n) is 11.4. The molecule has 20 heavy (non-hydrogen) atoms. The molecule has 1 aromatic heterocycles. The number of benzene rings is 1. The Morgan fingerprint density at radius 2 is 2.10 bits per heavy atom. The van der Waals surface area contributed by atoms with E-state index in [0.717, 1.165) is 11.4 Å². The topological polar surface area (TPSA) is 68.5 Å². The lowest BCUT2D eigenvalue weighted by atomic mass is 10.1. The summed E-state index contributed by atoms with van der Waals surface area (Å²) in [6, 6.07) is 7.43. The molecule has 0 bridgehead atoms. The fraction of sp³-hybridized carbons (Fsp3) is 0.357. The van der Waals surface area contributed by atoms with Crippen molar-refractivity contribution < 1.29 is 14.1 Å². The Morgan fingerprint density at radius 1 is 1.35 bits per heavy atom. The molecule has 1 aliphatic rings. The number of anilines is 1. The van der Waals surface area contributed by atoms with Crippen molar-refractivity contribution in [2.45, 2.75) is 19.3 Å². The first-order chi connectivity index (χ1) is 9.67. The summed E-state index contributed by atoms with van der Waals surface area (Å²) < 4.78 is 10.1. The predicted octanol–water partition coefficient (Wildman–Crippen LogP) is 1.91. The molecule has 3 rings (SSSR count). The van der Waals surface area contributed by atoms with Crippen molar-refractivity contribution in [3.8, 4) is 5.75 Å². The number of aromatic nitrogens is 2. The van der Waals surface area contributed by atoms with E-state index in [-0.39, 0.29) is 11.8 Å². The van der Waals surface area contributed by atoms with Gasteiger partial charge in [-0.15, -0.1) is 0 Å². The fourth-order valence-electron chi connectivity index (χ4n) is 2.37. The Labute approximate surface area is 116 Å². The van der Waals surface area contributed by atoms with Gasteiger partial charge in [0.1, 0.15) is 5.75 Å². The molecule has 0 spiro atoms. The van der Waals surface area contributed by atoms with Crippen LogP contribution in [0.5, 0.6) is 5.75 Å². The number of hydrogen-bond acceptors (Lipinski definition) is 5. The standard InChI is InChI=1S/C14H15N3O3/c1-9-15-14(16-20-9)10-7-13(18)17(8-10)11-3-5-12(19-2)6-4-11/h3-6,10H,7-8H2,1-2H3/t10-/m1/s1. The third kappa shape index (κ3) is 2.24. The Bertz CT molecular complexity index is 621. The summed E-state index contributed by atoms with van der Waals surface area (Å²) in [5, 5.41) is 3.90. The first-order valence-electron chi connectivity index (χ1n) is 6.42. The second-order valence-corrected chi connectivity index (χ2v) is 4.78. The van der Waals surface area contributed by atoms with Gasteiger partial charge in [0.05, 0.1) is 7.11 Å². The van der Waals surface area contributed by atoms with Gasteiger partial charge in [-0.2, -0.15) is 4.98 Å². The second-order valence-electron chi connectivity index (χ2n) is 4.78. The lowest BCUT2D eigenvalue weighted by molar-refractivity contribution is -0.117. The van der Waals surface area contributed by atoms with Crippen molar-refractivity contribution in [1.82, 2.24) is 10.1 Å². The SMILES string of the molecule is COc1ccc(N2C[C@H](c3noc(C)n3)CC2=O)cc1. The van der Waals surface area contributed by atoms with Crippen LogP contribution in [-0.4, -0.2) is 29.7 Å². The van der Waals surface area contributed by atoms with E-state index in [0.29, 0.717) is 24.7 Å². The Hall–Kier alpha value is -2.37. The second kappa shape index (κ2) is 4.96. The largest absolute Gasteiger partial charge is 0.497 e. The number of carbonyl (C=O) groups excluding carboxylic acids is 1. The van der Waals surface area contributed by atoms with E-state index in [2.05, 4.69) is 10.1 Å². The van der Waals surface area contributed by atoms with Crippen LogP contribution in [0.15, 0.2) is 28.8 Å². The fourth-order valence-corrected chi connectivity index (χ4v) is 2.37. The molecule has 6 nitrogen and oxygen atoms in total. The smallest absolute Gasteiger partial charge is 0.227 e. The maximum atomic E-state index is 12.1. The molecule has 0 N–H and O–H groups in total. The highest BCUT2D eigenvalue weighted by molar-refractivity contribution is 5.96. The maximum Gasteiger partial charge on any atom is 0.227 e. The molecule has 1 saturated heterocycles. The number of amides is 1. The van der Waals surface area contributed by atoms with Gasteiger partial charge >= 0.3 is 0 Å². The molecule has 0 radical (unpaired) electrons. The molecule has 1 fully saturated rings. The number of ether oxygens (including phenoxy) is 1. The van der Waals surface area contributed by atoms with Gasteiger partial charge in [0.25, 0.3) is 0 Å². The zero-order valence-corrected chi connectivity index (χ0v) is 11.4. The average Bonchev–Trinajstić information content (AvgIpc) is 3.05. The van der Waals surface area contributed by atoms with Gasteiger partial charge in [-0.05, 0) is 24.3 Å². The minimum Gasteiger partial charge on any atom is -0.497 e. The summed E-state index contributed by atoms with van der Waals surface area (Å²) in [5.74, 6) is 1.96. The van der Waals surface area contributed by atoms with Crippen molar-refractivity contribution >= 4 is 11.6 Å². The van der Waals surface area contributed by atoms with Crippen LogP contribution in [0.3, 0.4) is 0 Å². The van der Waals surface area contributed by atoms with E-state index in [1.807, 2.05) is 24.3 Å². The van der Waals surface area contributed by atoms with E-state index in [9.17, 15) is 4.79 Å². The minimum absolute atomic E-state index is 0.0120. The predicted molar refractivity (Wildman–Crippen MR) is 71.7 cm³/mol. The molecule has 1 amide bonds. The van der Waals surface area contributed by atoms with Crippen LogP contribution in [0.2, 0.25) is 0 Å². The lowest BCUT2D eigenvalue weighted by Gasteiger charge is -2.16. The highest BCUT2D eigenvalue weighted by Gasteiger charge is 2.34. The average molecular weight is 273 g/mol. The molecule has 104 valence electrons. The summed E-state index contributed by atoms with van der Waals surface area (Å²) in [4.78, 5) is 18.1. The number of rotatable bonds is 3. The van der Waals surface area contributed by atoms with E-state index >= 15 is 0 Å². The normalized spacial score (nSPS) is 18.6. The lowest BCUT2D eigenvalue weighted by Crippen LogP contribution is -2.24. The number of methoxy groups -OCH3 is 1. The summed E-state index contributed by atoms with van der Waals surface area (Å²) in [6.45, 7) is 2.32. The summed E-state index contributed by atoms with van der Waals surface area (Å²) in [7, 11) is 1.62. The number of carbonyl (C=O) groups is 1. The van der Waals surface area contributed by atoms with Gasteiger partial charge in [-0.3, -0.25) is 4.79 Å². The molecule has 6 heteroatoms. The van der Waals surface area contributed by atoms with E-state index < -0.39 is 0 Å². The highest BCUT2D eigenvalue weighted by Crippen LogP contribution is 2.31. The minimum atomic E-state index is -0.0120. The Kier molecular flexibility index (Phi) is 3.14. The third-order valence-electron chi connectivity index (χ3n) is 3.42. The van der Waals surface area contributed by atoms with Crippen LogP contribution >= 0.6 is 0 Å². The van der Waals surface area contributed by atoms with Gasteiger partial charge in [0.15, 0.2) is 5.82 Å². The van der Waals surface area contributed by atoms with Crippen molar-refractivity contribution in [3.63, 3.8) is 0 Å².